The first kappa shape index (κ1) is 24.4. The molecule has 1 aliphatic heterocycles. The number of methoxy groups -OCH3 is 2. The Morgan fingerprint density at radius 3 is 2.57 bits per heavy atom. The first-order chi connectivity index (χ1) is 14.4. The van der Waals surface area contributed by atoms with Gasteiger partial charge in [0.2, 0.25) is 0 Å². The summed E-state index contributed by atoms with van der Waals surface area (Å²) in [5.74, 6) is 0.987. The molecule has 1 heterocycles. The van der Waals surface area contributed by atoms with Crippen molar-refractivity contribution in [2.24, 2.45) is 17.8 Å². The van der Waals surface area contributed by atoms with E-state index in [1.54, 1.807) is 14.2 Å². The Bertz CT molecular complexity index is 728. The lowest BCUT2D eigenvalue weighted by Gasteiger charge is -2.40. The van der Waals surface area contributed by atoms with Crippen molar-refractivity contribution in [2.45, 2.75) is 46.2 Å². The van der Waals surface area contributed by atoms with Gasteiger partial charge in [0, 0.05) is 17.4 Å². The summed E-state index contributed by atoms with van der Waals surface area (Å²) in [6.45, 7) is 8.21. The van der Waals surface area contributed by atoms with E-state index in [9.17, 15) is 10.2 Å². The number of rotatable bonds is 9. The number of aliphatic hydroxyl groups excluding tert-OH is 2. The molecule has 6 atom stereocenters. The summed E-state index contributed by atoms with van der Waals surface area (Å²) in [5, 5.41) is 21.1. The van der Waals surface area contributed by atoms with Crippen molar-refractivity contribution >= 4 is 0 Å². The fourth-order valence-electron chi connectivity index (χ4n) is 3.94. The second-order valence-electron chi connectivity index (χ2n) is 7.94. The van der Waals surface area contributed by atoms with Gasteiger partial charge in [0.1, 0.15) is 0 Å². The topological polar surface area (TPSA) is 77.4 Å². The second kappa shape index (κ2) is 11.5. The Kier molecular flexibility index (Phi) is 9.37. The number of allylic oxidation sites excluding steroid dienone is 3. The average Bonchev–Trinajstić information content (AvgIpc) is 2.74. The fourth-order valence-corrected chi connectivity index (χ4v) is 3.94. The molecule has 0 saturated carbocycles. The molecule has 1 aromatic rings. The van der Waals surface area contributed by atoms with E-state index in [2.05, 4.69) is 13.0 Å². The third kappa shape index (κ3) is 5.85. The Hall–Kier alpha value is -1.86. The predicted octanol–water partition coefficient (Wildman–Crippen LogP) is 3.88. The molecule has 1 fully saturated rings. The van der Waals surface area contributed by atoms with Gasteiger partial charge in [0.25, 0.3) is 0 Å². The molecule has 30 heavy (non-hydrogen) atoms. The minimum atomic E-state index is -0.806. The molecule has 1 aromatic carbocycles. The van der Waals surface area contributed by atoms with Crippen molar-refractivity contribution in [1.82, 2.24) is 0 Å². The lowest BCUT2D eigenvalue weighted by Crippen LogP contribution is -2.46. The summed E-state index contributed by atoms with van der Waals surface area (Å²) in [6, 6.07) is 5.50. The Morgan fingerprint density at radius 1 is 1.27 bits per heavy atom. The summed E-state index contributed by atoms with van der Waals surface area (Å²) in [6.07, 6.45) is 4.28. The molecule has 2 rings (SSSR count). The maximum Gasteiger partial charge on any atom is 0.184 e. The zero-order chi connectivity index (χ0) is 22.3. The number of aliphatic hydroxyl groups is 2. The summed E-state index contributed by atoms with van der Waals surface area (Å²) in [4.78, 5) is 0. The summed E-state index contributed by atoms with van der Waals surface area (Å²) in [7, 11) is 3.17. The number of benzene rings is 1. The Labute approximate surface area is 180 Å². The second-order valence-corrected chi connectivity index (χ2v) is 7.94. The smallest absolute Gasteiger partial charge is 0.184 e. The molecular formula is C24H36O6. The zero-order valence-electron chi connectivity index (χ0n) is 18.9. The molecule has 0 aromatic heterocycles. The maximum absolute atomic E-state index is 11.0. The average molecular weight is 421 g/mol. The highest BCUT2D eigenvalue weighted by molar-refractivity contribution is 5.43. The predicted molar refractivity (Wildman–Crippen MR) is 117 cm³/mol. The van der Waals surface area contributed by atoms with Crippen LogP contribution in [0.25, 0.3) is 0 Å². The molecule has 168 valence electrons. The third-order valence-electron chi connectivity index (χ3n) is 5.56. The van der Waals surface area contributed by atoms with Crippen LogP contribution in [-0.2, 0) is 9.47 Å². The van der Waals surface area contributed by atoms with E-state index in [1.165, 1.54) is 0 Å². The van der Waals surface area contributed by atoms with Crippen LogP contribution in [0.3, 0.4) is 0 Å². The van der Waals surface area contributed by atoms with Crippen LogP contribution in [0.5, 0.6) is 11.5 Å². The summed E-state index contributed by atoms with van der Waals surface area (Å²) >= 11 is 0. The fraction of sp³-hybridized carbons (Fsp3) is 0.583. The first-order valence-electron chi connectivity index (χ1n) is 10.4. The van der Waals surface area contributed by atoms with Crippen LogP contribution < -0.4 is 9.47 Å². The van der Waals surface area contributed by atoms with Crippen molar-refractivity contribution in [3.8, 4) is 11.5 Å². The normalized spacial score (nSPS) is 25.7. The van der Waals surface area contributed by atoms with Gasteiger partial charge in [-0.1, -0.05) is 38.1 Å². The van der Waals surface area contributed by atoms with Crippen molar-refractivity contribution in [3.63, 3.8) is 0 Å². The van der Waals surface area contributed by atoms with Gasteiger partial charge >= 0.3 is 0 Å². The number of hydrogen-bond donors (Lipinski definition) is 2. The van der Waals surface area contributed by atoms with Crippen LogP contribution in [0, 0.1) is 17.8 Å². The first-order valence-corrected chi connectivity index (χ1v) is 10.4. The molecule has 2 N–H and O–H groups in total. The number of hydrogen-bond acceptors (Lipinski definition) is 6. The minimum Gasteiger partial charge on any atom is -0.493 e. The lowest BCUT2D eigenvalue weighted by atomic mass is 9.84. The van der Waals surface area contributed by atoms with Gasteiger partial charge in [-0.25, -0.2) is 0 Å². The van der Waals surface area contributed by atoms with Crippen LogP contribution in [0.2, 0.25) is 0 Å². The monoisotopic (exact) mass is 420 g/mol. The van der Waals surface area contributed by atoms with Crippen molar-refractivity contribution < 1.29 is 29.2 Å². The van der Waals surface area contributed by atoms with Crippen LogP contribution in [-0.4, -0.2) is 49.9 Å². The molecule has 0 bridgehead atoms. The van der Waals surface area contributed by atoms with Crippen molar-refractivity contribution in [1.29, 1.82) is 0 Å². The van der Waals surface area contributed by atoms with Gasteiger partial charge in [0.05, 0.1) is 39.6 Å². The van der Waals surface area contributed by atoms with Gasteiger partial charge in [-0.05, 0) is 37.5 Å². The minimum absolute atomic E-state index is 0.0222. The largest absolute Gasteiger partial charge is 0.493 e. The van der Waals surface area contributed by atoms with E-state index < -0.39 is 18.3 Å². The van der Waals surface area contributed by atoms with Crippen molar-refractivity contribution in [3.05, 3.63) is 47.6 Å². The van der Waals surface area contributed by atoms with Gasteiger partial charge in [-0.3, -0.25) is 0 Å². The SMILES string of the molecule is C/C=C\[C@H](C)/C=C(\C)[C@@H](O)[C@@H](CO)[C@H]1O[C@@H](c2ccc(OC)c(OC)c2)OC[C@H]1C. The van der Waals surface area contributed by atoms with Crippen LogP contribution in [0.15, 0.2) is 42.0 Å². The van der Waals surface area contributed by atoms with E-state index in [4.69, 9.17) is 18.9 Å². The van der Waals surface area contributed by atoms with Crippen molar-refractivity contribution in [2.75, 3.05) is 27.4 Å². The molecular weight excluding hydrogens is 384 g/mol. The van der Waals surface area contributed by atoms with Crippen LogP contribution in [0.1, 0.15) is 39.5 Å². The molecule has 0 unspecified atom stereocenters. The van der Waals surface area contributed by atoms with Gasteiger partial charge in [-0.2, -0.15) is 0 Å². The van der Waals surface area contributed by atoms with E-state index in [0.29, 0.717) is 18.1 Å². The van der Waals surface area contributed by atoms with Crippen LogP contribution >= 0.6 is 0 Å². The molecule has 0 amide bonds. The highest BCUT2D eigenvalue weighted by Crippen LogP contribution is 2.37. The van der Waals surface area contributed by atoms with E-state index in [1.807, 2.05) is 51.1 Å². The number of ether oxygens (including phenoxy) is 4. The van der Waals surface area contributed by atoms with Gasteiger partial charge in [0.15, 0.2) is 17.8 Å². The zero-order valence-corrected chi connectivity index (χ0v) is 18.9. The lowest BCUT2D eigenvalue weighted by molar-refractivity contribution is -0.258. The Morgan fingerprint density at radius 2 is 1.97 bits per heavy atom. The maximum atomic E-state index is 11.0. The Balaban J connectivity index is 2.22. The van der Waals surface area contributed by atoms with Gasteiger partial charge < -0.3 is 29.2 Å². The van der Waals surface area contributed by atoms with E-state index in [-0.39, 0.29) is 24.5 Å². The molecule has 6 heteroatoms. The van der Waals surface area contributed by atoms with Crippen LogP contribution in [0.4, 0.5) is 0 Å². The summed E-state index contributed by atoms with van der Waals surface area (Å²) in [5.41, 5.74) is 1.62. The third-order valence-corrected chi connectivity index (χ3v) is 5.56. The van der Waals surface area contributed by atoms with E-state index >= 15 is 0 Å². The summed E-state index contributed by atoms with van der Waals surface area (Å²) < 4.78 is 22.8. The molecule has 6 nitrogen and oxygen atoms in total. The molecule has 1 aliphatic rings. The van der Waals surface area contributed by atoms with Gasteiger partial charge in [-0.15, -0.1) is 0 Å². The molecule has 0 aliphatic carbocycles. The molecule has 0 radical (unpaired) electrons. The highest BCUT2D eigenvalue weighted by Gasteiger charge is 2.39. The molecule has 1 saturated heterocycles. The standard InChI is InChI=1S/C24H36O6/c1-7-8-15(2)11-16(3)22(26)19(13-25)23-17(4)14-29-24(30-23)18-9-10-20(27-5)21(12-18)28-6/h7-12,15,17,19,22-26H,13-14H2,1-6H3/b8-7-,16-11+/t15-,17+,19+,22+,23-,24-/m0/s1. The molecule has 0 spiro atoms. The highest BCUT2D eigenvalue weighted by atomic mass is 16.7. The quantitative estimate of drug-likeness (QED) is 0.591. The van der Waals surface area contributed by atoms with E-state index in [0.717, 1.165) is 11.1 Å².